The maximum atomic E-state index is 12.3. The molecule has 0 spiro atoms. The van der Waals surface area contributed by atoms with Crippen LogP contribution in [-0.4, -0.2) is 41.4 Å². The summed E-state index contributed by atoms with van der Waals surface area (Å²) < 4.78 is 17.8. The zero-order chi connectivity index (χ0) is 25.8. The third kappa shape index (κ3) is 5.08. The predicted molar refractivity (Wildman–Crippen MR) is 135 cm³/mol. The highest BCUT2D eigenvalue weighted by molar-refractivity contribution is 5.97. The lowest BCUT2D eigenvalue weighted by Gasteiger charge is -2.08. The molecule has 1 aliphatic rings. The number of carbonyl (C=O) groups excluding carboxylic acids is 2. The van der Waals surface area contributed by atoms with Crippen LogP contribution in [0.1, 0.15) is 22.8 Å². The Kier molecular flexibility index (Phi) is 6.71. The predicted octanol–water partition coefficient (Wildman–Crippen LogP) is 4.56. The van der Waals surface area contributed by atoms with E-state index in [1.807, 2.05) is 43.3 Å². The van der Waals surface area contributed by atoms with Gasteiger partial charge < -0.3 is 29.2 Å². The molecule has 2 heterocycles. The molecule has 2 amide bonds. The maximum absolute atomic E-state index is 12.3. The molecule has 2 N–H and O–H groups in total. The number of hydrogen-bond acceptors (Lipinski definition) is 7. The van der Waals surface area contributed by atoms with Gasteiger partial charge >= 0.3 is 0 Å². The molecule has 0 atom stereocenters. The van der Waals surface area contributed by atoms with E-state index in [1.165, 1.54) is 0 Å². The Morgan fingerprint density at radius 1 is 1.05 bits per heavy atom. The molecule has 3 aromatic carbocycles. The van der Waals surface area contributed by atoms with Crippen LogP contribution in [0, 0.1) is 0 Å². The molecule has 0 fully saturated rings. The zero-order valence-corrected chi connectivity index (χ0v) is 20.0. The van der Waals surface area contributed by atoms with Gasteiger partial charge in [0.25, 0.3) is 11.8 Å². The molecular formula is C27H24N4O6. The number of amides is 2. The molecule has 37 heavy (non-hydrogen) atoms. The van der Waals surface area contributed by atoms with E-state index in [2.05, 4.69) is 15.5 Å². The van der Waals surface area contributed by atoms with Gasteiger partial charge in [-0.25, -0.2) is 0 Å². The SMILES string of the molecule is CCOc1ccc(C(=O)NCC(=O)N=Nc2c(O)n(Cc3ccc4c(c3)OCO4)c3ccccc23)cc1. The van der Waals surface area contributed by atoms with Crippen LogP contribution >= 0.6 is 0 Å². The van der Waals surface area contributed by atoms with Crippen molar-refractivity contribution >= 4 is 28.4 Å². The first-order valence-electron chi connectivity index (χ1n) is 11.7. The monoisotopic (exact) mass is 500 g/mol. The summed E-state index contributed by atoms with van der Waals surface area (Å²) in [6, 6.07) is 19.4. The fourth-order valence-corrected chi connectivity index (χ4v) is 4.02. The maximum Gasteiger partial charge on any atom is 0.283 e. The standard InChI is InChI=1S/C27H24N4O6/c1-2-35-19-10-8-18(9-11-19)26(33)28-14-24(32)29-30-25-20-5-3-4-6-21(20)31(27(25)34)15-17-7-12-22-23(13-17)37-16-36-22/h3-13,34H,2,14-16H2,1H3,(H,28,33). The Bertz CT molecular complexity index is 1490. The van der Waals surface area contributed by atoms with Crippen molar-refractivity contribution in [1.82, 2.24) is 9.88 Å². The molecule has 1 aliphatic heterocycles. The number of aromatic nitrogens is 1. The Morgan fingerprint density at radius 2 is 1.84 bits per heavy atom. The summed E-state index contributed by atoms with van der Waals surface area (Å²) in [4.78, 5) is 24.7. The highest BCUT2D eigenvalue weighted by atomic mass is 16.7. The molecule has 10 nitrogen and oxygen atoms in total. The lowest BCUT2D eigenvalue weighted by molar-refractivity contribution is -0.117. The summed E-state index contributed by atoms with van der Waals surface area (Å²) in [5.41, 5.74) is 2.17. The number of hydrogen-bond donors (Lipinski definition) is 2. The molecule has 1 aromatic heterocycles. The molecule has 0 unspecified atom stereocenters. The number of azo groups is 1. The van der Waals surface area contributed by atoms with Gasteiger partial charge in [0.2, 0.25) is 12.7 Å². The largest absolute Gasteiger partial charge is 0.494 e. The summed E-state index contributed by atoms with van der Waals surface area (Å²) in [5, 5.41) is 21.9. The molecule has 0 radical (unpaired) electrons. The van der Waals surface area contributed by atoms with Crippen molar-refractivity contribution in [3.8, 4) is 23.1 Å². The fourth-order valence-electron chi connectivity index (χ4n) is 4.02. The smallest absolute Gasteiger partial charge is 0.283 e. The lowest BCUT2D eigenvalue weighted by Crippen LogP contribution is -2.28. The number of rotatable bonds is 8. The van der Waals surface area contributed by atoms with E-state index in [0.29, 0.717) is 41.3 Å². The van der Waals surface area contributed by atoms with Gasteiger partial charge in [0, 0.05) is 10.9 Å². The first kappa shape index (κ1) is 23.9. The van der Waals surface area contributed by atoms with Gasteiger partial charge in [-0.3, -0.25) is 9.59 Å². The second-order valence-electron chi connectivity index (χ2n) is 8.20. The van der Waals surface area contributed by atoms with E-state index in [0.717, 1.165) is 11.1 Å². The number of fused-ring (bicyclic) bond motifs is 2. The average molecular weight is 501 g/mol. The van der Waals surface area contributed by atoms with E-state index in [9.17, 15) is 14.7 Å². The minimum atomic E-state index is -0.661. The van der Waals surface area contributed by atoms with Crippen molar-refractivity contribution in [2.45, 2.75) is 13.5 Å². The third-order valence-corrected chi connectivity index (χ3v) is 5.78. The van der Waals surface area contributed by atoms with Crippen LogP contribution in [0.4, 0.5) is 5.69 Å². The van der Waals surface area contributed by atoms with Crippen molar-refractivity contribution in [1.29, 1.82) is 0 Å². The van der Waals surface area contributed by atoms with Crippen LogP contribution < -0.4 is 19.5 Å². The van der Waals surface area contributed by atoms with Gasteiger partial charge in [0.05, 0.1) is 18.7 Å². The van der Waals surface area contributed by atoms with Crippen LogP contribution in [0.25, 0.3) is 10.9 Å². The van der Waals surface area contributed by atoms with Gasteiger partial charge in [-0.2, -0.15) is 0 Å². The Hall–Kier alpha value is -4.86. The Balaban J connectivity index is 1.29. The molecule has 5 rings (SSSR count). The zero-order valence-electron chi connectivity index (χ0n) is 20.0. The summed E-state index contributed by atoms with van der Waals surface area (Å²) in [6.07, 6.45) is 0. The summed E-state index contributed by atoms with van der Waals surface area (Å²) in [7, 11) is 0. The minimum absolute atomic E-state index is 0.131. The number of nitrogens with one attached hydrogen (secondary N) is 1. The number of nitrogens with zero attached hydrogens (tertiary/aromatic N) is 3. The average Bonchev–Trinajstić information content (AvgIpc) is 3.49. The van der Waals surface area contributed by atoms with Gasteiger partial charge in [-0.15, -0.1) is 10.2 Å². The van der Waals surface area contributed by atoms with E-state index in [4.69, 9.17) is 14.2 Å². The van der Waals surface area contributed by atoms with Crippen LogP contribution in [0.2, 0.25) is 0 Å². The van der Waals surface area contributed by atoms with Crippen molar-refractivity contribution < 1.29 is 28.9 Å². The molecule has 4 aromatic rings. The van der Waals surface area contributed by atoms with Crippen molar-refractivity contribution in [2.24, 2.45) is 10.2 Å². The number of aromatic hydroxyl groups is 1. The second-order valence-corrected chi connectivity index (χ2v) is 8.20. The van der Waals surface area contributed by atoms with Gasteiger partial charge in [0.1, 0.15) is 12.3 Å². The molecule has 0 bridgehead atoms. The van der Waals surface area contributed by atoms with Crippen molar-refractivity contribution in [3.63, 3.8) is 0 Å². The highest BCUT2D eigenvalue weighted by Gasteiger charge is 2.19. The van der Waals surface area contributed by atoms with E-state index < -0.39 is 11.8 Å². The topological polar surface area (TPSA) is 124 Å². The molecule has 10 heteroatoms. The van der Waals surface area contributed by atoms with Crippen molar-refractivity contribution in [3.05, 3.63) is 77.9 Å². The summed E-state index contributed by atoms with van der Waals surface area (Å²) in [5.74, 6) is 0.760. The van der Waals surface area contributed by atoms with Gasteiger partial charge in [-0.05, 0) is 55.0 Å². The Morgan fingerprint density at radius 3 is 2.65 bits per heavy atom. The molecule has 0 saturated heterocycles. The molecule has 0 aliphatic carbocycles. The third-order valence-electron chi connectivity index (χ3n) is 5.78. The highest BCUT2D eigenvalue weighted by Crippen LogP contribution is 2.40. The second kappa shape index (κ2) is 10.4. The lowest BCUT2D eigenvalue weighted by atomic mass is 10.2. The van der Waals surface area contributed by atoms with E-state index in [-0.39, 0.29) is 24.9 Å². The molecular weight excluding hydrogens is 476 g/mol. The quantitative estimate of drug-likeness (QED) is 0.342. The minimum Gasteiger partial charge on any atom is -0.494 e. The Labute approximate surface area is 212 Å². The normalized spacial score (nSPS) is 12.2. The van der Waals surface area contributed by atoms with Crippen LogP contribution in [-0.2, 0) is 11.3 Å². The van der Waals surface area contributed by atoms with E-state index >= 15 is 0 Å². The van der Waals surface area contributed by atoms with Gasteiger partial charge in [-0.1, -0.05) is 24.3 Å². The number of carbonyl (C=O) groups is 2. The fraction of sp³-hybridized carbons (Fsp3) is 0.185. The number of para-hydroxylation sites is 1. The van der Waals surface area contributed by atoms with Crippen LogP contribution in [0.5, 0.6) is 23.1 Å². The van der Waals surface area contributed by atoms with E-state index in [1.54, 1.807) is 34.9 Å². The van der Waals surface area contributed by atoms with Crippen molar-refractivity contribution in [2.75, 3.05) is 19.9 Å². The summed E-state index contributed by atoms with van der Waals surface area (Å²) in [6.45, 7) is 2.57. The summed E-state index contributed by atoms with van der Waals surface area (Å²) >= 11 is 0. The number of ether oxygens (including phenoxy) is 3. The number of benzene rings is 3. The van der Waals surface area contributed by atoms with Crippen LogP contribution in [0.3, 0.4) is 0 Å². The first-order chi connectivity index (χ1) is 18.0. The van der Waals surface area contributed by atoms with Gasteiger partial charge in [0.15, 0.2) is 17.2 Å². The molecule has 0 saturated carbocycles. The first-order valence-corrected chi connectivity index (χ1v) is 11.7. The molecule has 188 valence electrons. The van der Waals surface area contributed by atoms with Crippen LogP contribution in [0.15, 0.2) is 77.0 Å².